The SMILES string of the molecule is CC(C)(C)c1cc2c(c(C(C)(C)C)c1)OP(=O)(O)Oc1c(cc(C(C)(C)C)cc1C(C)(C)C)C2.CC(C)(C)c1cc2c(c(C(C)(C)C)c1)OP(=O)([O-])Oc1c(cc(C(C)(C)C)cc1C(C)(C)C)C2.CC(C)(C)c1cc2c(c(C(C)(C)C)c1)OP(=O)([O-])Oc1c(cc(C(C)(C)C)cc1C(C)(C)C)C2.CC(C)(C)c1cc2c(c(C(C)(C)C)c1)OP(=O)([O-])Oc1c(cc(C(C)(C)C)cc1C(C)(C)C)C2.[K+].[Li+].[Na+]. The van der Waals surface area contributed by atoms with Crippen molar-refractivity contribution in [3.8, 4) is 46.0 Å². The first-order valence-corrected chi connectivity index (χ1v) is 54.5. The maximum absolute atomic E-state index is 13.4. The maximum Gasteiger partial charge on any atom is 1.00 e. The van der Waals surface area contributed by atoms with Crippen molar-refractivity contribution in [2.45, 2.75) is 445 Å². The summed E-state index contributed by atoms with van der Waals surface area (Å²) >= 11 is 0. The van der Waals surface area contributed by atoms with Gasteiger partial charge in [-0.15, -0.1) is 0 Å². The fourth-order valence-corrected chi connectivity index (χ4v) is 20.8. The quantitative estimate of drug-likeness (QED) is 0.110. The van der Waals surface area contributed by atoms with Crippen LogP contribution in [-0.4, -0.2) is 4.89 Å². The molecule has 0 spiro atoms. The van der Waals surface area contributed by atoms with Crippen LogP contribution in [0.4, 0.5) is 0 Å². The van der Waals surface area contributed by atoms with Gasteiger partial charge < -0.3 is 50.9 Å². The molecule has 0 radical (unpaired) electrons. The van der Waals surface area contributed by atoms with Crippen molar-refractivity contribution in [3.05, 3.63) is 231 Å². The van der Waals surface area contributed by atoms with Crippen LogP contribution >= 0.6 is 31.3 Å². The molecule has 139 heavy (non-hydrogen) atoms. The summed E-state index contributed by atoms with van der Waals surface area (Å²) in [6, 6.07) is 33.7. The summed E-state index contributed by atoms with van der Waals surface area (Å²) in [7, 11) is -18.5. The van der Waals surface area contributed by atoms with Gasteiger partial charge in [0, 0.05) is 70.2 Å². The Bertz CT molecular complexity index is 5010. The summed E-state index contributed by atoms with van der Waals surface area (Å²) in [5.41, 5.74) is 20.4. The van der Waals surface area contributed by atoms with Crippen molar-refractivity contribution >= 4 is 31.3 Å². The Labute approximate surface area is 917 Å². The topological polar surface area (TPSA) is 232 Å². The summed E-state index contributed by atoms with van der Waals surface area (Å²) in [6.07, 6.45) is 2.16. The first-order valence-electron chi connectivity index (χ1n) is 48.6. The number of phosphoric acid groups is 4. The van der Waals surface area contributed by atoms with E-state index in [0.717, 1.165) is 122 Å². The molecule has 0 fully saturated rings. The van der Waals surface area contributed by atoms with Gasteiger partial charge in [-0.05, 0) is 176 Å². The number of fused-ring (bicyclic) bond motifs is 8. The molecular formula is C116H169KLiNaO16P4. The molecule has 0 aromatic heterocycles. The van der Waals surface area contributed by atoms with Gasteiger partial charge in [-0.3, -0.25) is 4.89 Å². The van der Waals surface area contributed by atoms with Crippen LogP contribution in [0.15, 0.2) is 97.1 Å². The van der Waals surface area contributed by atoms with E-state index in [1.165, 1.54) is 11.1 Å². The molecule has 23 heteroatoms. The molecule has 16 nitrogen and oxygen atoms in total. The number of hydrogen-bond donors (Lipinski definition) is 1. The predicted octanol–water partition coefficient (Wildman–Crippen LogP) is 22.5. The second-order valence-corrected chi connectivity index (χ2v) is 60.4. The fourth-order valence-electron chi connectivity index (χ4n) is 17.1. The molecule has 4 aliphatic rings. The van der Waals surface area contributed by atoms with Crippen molar-refractivity contribution in [1.82, 2.24) is 0 Å². The Morgan fingerprint density at radius 2 is 0.288 bits per heavy atom. The molecule has 4 aliphatic heterocycles. The molecule has 1 N–H and O–H groups in total. The van der Waals surface area contributed by atoms with Crippen molar-refractivity contribution < 1.29 is 174 Å². The third kappa shape index (κ3) is 30.7. The van der Waals surface area contributed by atoms with Crippen molar-refractivity contribution in [1.29, 1.82) is 0 Å². The van der Waals surface area contributed by atoms with Gasteiger partial charge in [0.2, 0.25) is 0 Å². The first kappa shape index (κ1) is 124. The summed E-state index contributed by atoms with van der Waals surface area (Å²) in [4.78, 5) is 50.7. The molecule has 0 saturated carbocycles. The Hall–Kier alpha value is -3.85. The molecule has 0 unspecified atom stereocenters. The van der Waals surface area contributed by atoms with Crippen LogP contribution in [0.2, 0.25) is 0 Å². The van der Waals surface area contributed by atoms with Gasteiger partial charge >= 0.3 is 131 Å². The van der Waals surface area contributed by atoms with Gasteiger partial charge in [0.15, 0.2) is 0 Å². The van der Waals surface area contributed by atoms with Crippen LogP contribution in [0.3, 0.4) is 0 Å². The molecule has 752 valence electrons. The molecule has 8 aromatic rings. The second kappa shape index (κ2) is 41.2. The van der Waals surface area contributed by atoms with E-state index in [1.807, 2.05) is 0 Å². The monoisotopic (exact) mass is 2010 g/mol. The molecule has 0 bridgehead atoms. The van der Waals surface area contributed by atoms with E-state index >= 15 is 0 Å². The van der Waals surface area contributed by atoms with Crippen molar-refractivity contribution in [2.75, 3.05) is 0 Å². The Balaban J connectivity index is 0.000000282. The zero-order valence-corrected chi connectivity index (χ0v) is 104. The second-order valence-electron chi connectivity index (χ2n) is 55.3. The van der Waals surface area contributed by atoms with Crippen LogP contribution in [0, 0.1) is 0 Å². The average Bonchev–Trinajstić information content (AvgIpc) is 0.752. The van der Waals surface area contributed by atoms with E-state index in [9.17, 15) is 37.8 Å². The Morgan fingerprint density at radius 1 is 0.194 bits per heavy atom. The third-order valence-corrected chi connectivity index (χ3v) is 29.1. The molecule has 0 aliphatic carbocycles. The van der Waals surface area contributed by atoms with E-state index < -0.39 is 31.3 Å². The summed E-state index contributed by atoms with van der Waals surface area (Å²) in [5.74, 6) is 3.37. The minimum atomic E-state index is -4.68. The van der Waals surface area contributed by atoms with E-state index in [0.29, 0.717) is 71.7 Å². The molecule has 8 aromatic carbocycles. The van der Waals surface area contributed by atoms with Crippen LogP contribution < -0.4 is 151 Å². The number of phosphoric ester groups is 4. The first-order chi connectivity index (χ1) is 60.4. The minimum Gasteiger partial charge on any atom is -0.736 e. The van der Waals surface area contributed by atoms with E-state index in [4.69, 9.17) is 36.2 Å². The van der Waals surface area contributed by atoms with Crippen molar-refractivity contribution in [2.24, 2.45) is 0 Å². The Kier molecular flexibility index (Phi) is 36.7. The number of hydrogen-bond acceptors (Lipinski definition) is 15. The summed E-state index contributed by atoms with van der Waals surface area (Å²) < 4.78 is 99.3. The van der Waals surface area contributed by atoms with Crippen LogP contribution in [-0.2, 0) is 131 Å². The van der Waals surface area contributed by atoms with Gasteiger partial charge in [-0.1, -0.05) is 429 Å². The minimum absolute atomic E-state index is 0. The van der Waals surface area contributed by atoms with E-state index in [1.54, 1.807) is 0 Å². The van der Waals surface area contributed by atoms with Crippen LogP contribution in [0.25, 0.3) is 0 Å². The molecule has 4 heterocycles. The average molecular weight is 2010 g/mol. The normalized spacial score (nSPS) is 16.1. The zero-order valence-electron chi connectivity index (χ0n) is 95.4. The maximum atomic E-state index is 13.4. The standard InChI is InChI=1S/4C29H43O4P.K.Li.Na/c4*1-26(2,3)20-14-18-13-19-15-21(27(4,5)6)17-23(29(10,11)12)25(19)33-34(30,31)32-24(18)22(16-20)28(7,8)9;;;/h4*14-17H,13H2,1-12H3,(H,30,31);;;/q;;;;3*+1/p-3. The van der Waals surface area contributed by atoms with Crippen molar-refractivity contribution in [3.63, 3.8) is 0 Å². The molecule has 0 saturated heterocycles. The van der Waals surface area contributed by atoms with Crippen LogP contribution in [0.1, 0.15) is 466 Å². The number of benzene rings is 8. The molecular weight excluding hydrogens is 1840 g/mol. The Morgan fingerprint density at radius 3 is 0.374 bits per heavy atom. The van der Waals surface area contributed by atoms with Gasteiger partial charge in [0.1, 0.15) is 46.0 Å². The van der Waals surface area contributed by atoms with Crippen LogP contribution in [0.5, 0.6) is 46.0 Å². The molecule has 0 amide bonds. The van der Waals surface area contributed by atoms with Gasteiger partial charge in [0.05, 0.1) is 0 Å². The fraction of sp³-hybridized carbons (Fsp3) is 0.586. The summed E-state index contributed by atoms with van der Waals surface area (Å²) in [6.45, 7) is 102. The van der Waals surface area contributed by atoms with E-state index in [-0.39, 0.29) is 186 Å². The molecule has 12 rings (SSSR count). The smallest absolute Gasteiger partial charge is 0.736 e. The van der Waals surface area contributed by atoms with Gasteiger partial charge in [-0.25, -0.2) is 18.3 Å². The van der Waals surface area contributed by atoms with E-state index in [2.05, 4.69) is 429 Å². The van der Waals surface area contributed by atoms with Gasteiger partial charge in [0.25, 0.3) is 0 Å². The largest absolute Gasteiger partial charge is 1.00 e. The third-order valence-electron chi connectivity index (χ3n) is 25.9. The summed E-state index contributed by atoms with van der Waals surface area (Å²) in [5, 5.41) is 0. The van der Waals surface area contributed by atoms with Gasteiger partial charge in [-0.2, -0.15) is 0 Å². The molecule has 0 atom stereocenters. The number of rotatable bonds is 0. The predicted molar refractivity (Wildman–Crippen MR) is 560 cm³/mol. The zero-order chi connectivity index (χ0) is 104.